The average Bonchev–Trinajstić information content (AvgIpc) is 2.43. The fourth-order valence-electron chi connectivity index (χ4n) is 1.26. The molecule has 0 radical (unpaired) electrons. The number of rotatable bonds is 4. The Morgan fingerprint density at radius 3 is 2.43 bits per heavy atom. The smallest absolute Gasteiger partial charge is 0.0730 e. The van der Waals surface area contributed by atoms with Crippen molar-refractivity contribution < 1.29 is 0 Å². The van der Waals surface area contributed by atoms with Crippen LogP contribution in [0.25, 0.3) is 0 Å². The molecule has 80 valence electrons. The van der Waals surface area contributed by atoms with Crippen LogP contribution in [0.15, 0.2) is 9.85 Å². The van der Waals surface area contributed by atoms with Crippen LogP contribution in [0.1, 0.15) is 42.0 Å². The zero-order valence-electron chi connectivity index (χ0n) is 8.81. The molecule has 0 bridgehead atoms. The summed E-state index contributed by atoms with van der Waals surface area (Å²) in [6.07, 6.45) is 2.51. The topological polar surface area (TPSA) is 0 Å². The van der Waals surface area contributed by atoms with E-state index in [0.29, 0.717) is 4.83 Å². The summed E-state index contributed by atoms with van der Waals surface area (Å²) in [7, 11) is 0. The van der Waals surface area contributed by atoms with E-state index in [-0.39, 0.29) is 0 Å². The number of halogens is 2. The van der Waals surface area contributed by atoms with Gasteiger partial charge in [0.2, 0.25) is 0 Å². The summed E-state index contributed by atoms with van der Waals surface area (Å²) in [5.41, 5.74) is 1.35. The van der Waals surface area contributed by atoms with Gasteiger partial charge in [0.25, 0.3) is 0 Å². The zero-order valence-corrected chi connectivity index (χ0v) is 12.8. The number of thiophene rings is 1. The van der Waals surface area contributed by atoms with Gasteiger partial charge in [-0.25, -0.2) is 0 Å². The molecule has 0 amide bonds. The number of alkyl halides is 1. The predicted molar refractivity (Wildman–Crippen MR) is 72.5 cm³/mol. The molecular weight excluding hydrogens is 324 g/mol. The SMILES string of the molecule is Cc1cc(C(Br)CCC(C)C)sc1Br. The quantitative estimate of drug-likeness (QED) is 0.618. The number of hydrogen-bond donors (Lipinski definition) is 0. The first kappa shape index (κ1) is 12.7. The summed E-state index contributed by atoms with van der Waals surface area (Å²) in [5.74, 6) is 0.791. The van der Waals surface area contributed by atoms with Crippen molar-refractivity contribution >= 4 is 43.2 Å². The van der Waals surface area contributed by atoms with Gasteiger partial charge in [-0.05, 0) is 53.2 Å². The first-order chi connectivity index (χ1) is 6.50. The van der Waals surface area contributed by atoms with Gasteiger partial charge in [0.15, 0.2) is 0 Å². The van der Waals surface area contributed by atoms with E-state index in [2.05, 4.69) is 58.7 Å². The maximum absolute atomic E-state index is 3.75. The molecule has 0 aliphatic carbocycles. The largest absolute Gasteiger partial charge is 0.132 e. The van der Waals surface area contributed by atoms with E-state index >= 15 is 0 Å². The van der Waals surface area contributed by atoms with Crippen LogP contribution in [0, 0.1) is 12.8 Å². The average molecular weight is 340 g/mol. The second-order valence-corrected chi connectivity index (χ2v) is 7.55. The van der Waals surface area contributed by atoms with Crippen LogP contribution in [0.4, 0.5) is 0 Å². The second-order valence-electron chi connectivity index (χ2n) is 4.04. The van der Waals surface area contributed by atoms with Gasteiger partial charge in [-0.3, -0.25) is 0 Å². The molecule has 1 atom stereocenters. The van der Waals surface area contributed by atoms with Crippen molar-refractivity contribution in [2.45, 2.75) is 38.4 Å². The monoisotopic (exact) mass is 338 g/mol. The maximum Gasteiger partial charge on any atom is 0.0730 e. The van der Waals surface area contributed by atoms with Crippen molar-refractivity contribution in [1.82, 2.24) is 0 Å². The lowest BCUT2D eigenvalue weighted by atomic mass is 10.1. The Kier molecular flexibility index (Phi) is 5.15. The molecule has 3 heteroatoms. The Hall–Kier alpha value is 0.660. The van der Waals surface area contributed by atoms with Gasteiger partial charge in [-0.2, -0.15) is 0 Å². The van der Waals surface area contributed by atoms with E-state index in [4.69, 9.17) is 0 Å². The van der Waals surface area contributed by atoms with Gasteiger partial charge in [0.05, 0.1) is 3.79 Å². The molecule has 1 unspecified atom stereocenters. The Morgan fingerprint density at radius 1 is 1.36 bits per heavy atom. The first-order valence-electron chi connectivity index (χ1n) is 4.90. The normalized spacial score (nSPS) is 13.6. The molecule has 14 heavy (non-hydrogen) atoms. The van der Waals surface area contributed by atoms with E-state index in [0.717, 1.165) is 5.92 Å². The van der Waals surface area contributed by atoms with Crippen LogP contribution in [0.2, 0.25) is 0 Å². The fourth-order valence-corrected chi connectivity index (χ4v) is 3.52. The Morgan fingerprint density at radius 2 is 2.00 bits per heavy atom. The number of hydrogen-bond acceptors (Lipinski definition) is 1. The molecule has 1 heterocycles. The lowest BCUT2D eigenvalue weighted by molar-refractivity contribution is 0.556. The third-order valence-corrected chi connectivity index (χ3v) is 5.69. The van der Waals surface area contributed by atoms with Crippen molar-refractivity contribution in [3.63, 3.8) is 0 Å². The molecule has 0 aliphatic rings. The summed E-state index contributed by atoms with van der Waals surface area (Å²) in [5, 5.41) is 0. The summed E-state index contributed by atoms with van der Waals surface area (Å²) >= 11 is 9.16. The van der Waals surface area contributed by atoms with Crippen LogP contribution in [0.3, 0.4) is 0 Å². The Balaban J connectivity index is 2.56. The van der Waals surface area contributed by atoms with E-state index in [1.807, 2.05) is 11.3 Å². The molecule has 0 saturated carbocycles. The standard InChI is InChI=1S/C11H16Br2S/c1-7(2)4-5-9(12)10-6-8(3)11(13)14-10/h6-7,9H,4-5H2,1-3H3. The van der Waals surface area contributed by atoms with Crippen molar-refractivity contribution in [2.75, 3.05) is 0 Å². The zero-order chi connectivity index (χ0) is 10.7. The highest BCUT2D eigenvalue weighted by molar-refractivity contribution is 9.11. The van der Waals surface area contributed by atoms with Crippen LogP contribution in [-0.2, 0) is 0 Å². The maximum atomic E-state index is 3.75. The molecule has 0 aromatic carbocycles. The first-order valence-corrected chi connectivity index (χ1v) is 7.43. The van der Waals surface area contributed by atoms with E-state index in [1.54, 1.807) is 0 Å². The van der Waals surface area contributed by atoms with Gasteiger partial charge in [-0.15, -0.1) is 11.3 Å². The summed E-state index contributed by atoms with van der Waals surface area (Å²) < 4.78 is 1.27. The van der Waals surface area contributed by atoms with Gasteiger partial charge >= 0.3 is 0 Å². The molecule has 1 rings (SSSR count). The van der Waals surface area contributed by atoms with Crippen LogP contribution >= 0.6 is 43.2 Å². The predicted octanol–water partition coefficient (Wildman–Crippen LogP) is 5.69. The fraction of sp³-hybridized carbons (Fsp3) is 0.636. The van der Waals surface area contributed by atoms with Crippen molar-refractivity contribution in [3.05, 3.63) is 20.3 Å². The van der Waals surface area contributed by atoms with Crippen molar-refractivity contribution in [2.24, 2.45) is 5.92 Å². The molecule has 0 spiro atoms. The molecule has 0 N–H and O–H groups in total. The lowest BCUT2D eigenvalue weighted by Crippen LogP contribution is -1.91. The highest BCUT2D eigenvalue weighted by atomic mass is 79.9. The van der Waals surface area contributed by atoms with Crippen LogP contribution in [-0.4, -0.2) is 0 Å². The minimum absolute atomic E-state index is 0.528. The Labute approximate surface area is 107 Å². The van der Waals surface area contributed by atoms with E-state index in [1.165, 1.54) is 27.1 Å². The third-order valence-electron chi connectivity index (χ3n) is 2.18. The molecular formula is C11H16Br2S. The highest BCUT2D eigenvalue weighted by Gasteiger charge is 2.12. The molecule has 0 saturated heterocycles. The van der Waals surface area contributed by atoms with Gasteiger partial charge < -0.3 is 0 Å². The van der Waals surface area contributed by atoms with Gasteiger partial charge in [-0.1, -0.05) is 29.8 Å². The molecule has 0 fully saturated rings. The Bertz CT molecular complexity index is 272. The molecule has 0 aliphatic heterocycles. The second kappa shape index (κ2) is 5.66. The summed E-state index contributed by atoms with van der Waals surface area (Å²) in [6, 6.07) is 2.27. The summed E-state index contributed by atoms with van der Waals surface area (Å²) in [6.45, 7) is 6.69. The summed E-state index contributed by atoms with van der Waals surface area (Å²) in [4.78, 5) is 1.97. The lowest BCUT2D eigenvalue weighted by Gasteiger charge is -2.09. The third kappa shape index (κ3) is 3.67. The minimum atomic E-state index is 0.528. The molecule has 1 aromatic heterocycles. The number of aryl methyl sites for hydroxylation is 1. The van der Waals surface area contributed by atoms with Crippen LogP contribution in [0.5, 0.6) is 0 Å². The van der Waals surface area contributed by atoms with E-state index < -0.39 is 0 Å². The minimum Gasteiger partial charge on any atom is -0.132 e. The van der Waals surface area contributed by atoms with Crippen molar-refractivity contribution in [3.8, 4) is 0 Å². The van der Waals surface area contributed by atoms with Gasteiger partial charge in [0, 0.05) is 9.70 Å². The van der Waals surface area contributed by atoms with Gasteiger partial charge in [0.1, 0.15) is 0 Å². The van der Waals surface area contributed by atoms with Crippen molar-refractivity contribution in [1.29, 1.82) is 0 Å². The van der Waals surface area contributed by atoms with Crippen LogP contribution < -0.4 is 0 Å². The molecule has 0 nitrogen and oxygen atoms in total. The van der Waals surface area contributed by atoms with E-state index in [9.17, 15) is 0 Å². The molecule has 1 aromatic rings. The highest BCUT2D eigenvalue weighted by Crippen LogP contribution is 2.38.